The maximum atomic E-state index is 5.00. The van der Waals surface area contributed by atoms with E-state index in [9.17, 15) is 0 Å². The van der Waals surface area contributed by atoms with Crippen molar-refractivity contribution in [1.82, 2.24) is 18.7 Å². The predicted molar refractivity (Wildman–Crippen MR) is 233 cm³/mol. The fourth-order valence-corrected chi connectivity index (χ4v) is 9.31. The standard InChI is InChI=1S/C53H39N4.Pt/c1-52(2,3)56-35-55(48-26-13-14-27-49(48)56)40-19-15-18-38(33-40)53(45-23-10-7-20-41(45)42-21-8-11-24-46(42)53)39-28-29-44-43-22-9-12-25-47(43)57(50(44)34-39)51-32-37(30-31-54-51)36-16-5-4-6-17-36;/h4-32,35H,1-3H3;/q-1;. The van der Waals surface area contributed by atoms with Gasteiger partial charge in [0.15, 0.2) is 17.4 Å². The first-order valence-electron chi connectivity index (χ1n) is 19.6. The summed E-state index contributed by atoms with van der Waals surface area (Å²) in [5.41, 5.74) is 13.9. The van der Waals surface area contributed by atoms with E-state index in [1.54, 1.807) is 0 Å². The number of hydrogen-bond donors (Lipinski definition) is 0. The molecule has 4 nitrogen and oxygen atoms in total. The molecule has 11 rings (SSSR count). The molecule has 1 aliphatic rings. The van der Waals surface area contributed by atoms with Gasteiger partial charge < -0.3 is 4.57 Å². The zero-order valence-electron chi connectivity index (χ0n) is 32.4. The minimum atomic E-state index is -0.707. The topological polar surface area (TPSA) is 27.7 Å². The quantitative estimate of drug-likeness (QED) is 0.158. The van der Waals surface area contributed by atoms with Crippen LogP contribution in [-0.2, 0) is 32.0 Å². The number of pyridine rings is 1. The Morgan fingerprint density at radius 3 is 1.93 bits per heavy atom. The number of benzene rings is 7. The first-order chi connectivity index (χ1) is 27.9. The number of hydrogen-bond acceptors (Lipinski definition) is 1. The minimum Gasteiger partial charge on any atom is -0.319 e. The van der Waals surface area contributed by atoms with E-state index in [1.165, 1.54) is 33.2 Å². The molecule has 0 atom stereocenters. The molecule has 0 saturated carbocycles. The first-order valence-corrected chi connectivity index (χ1v) is 19.6. The second kappa shape index (κ2) is 13.6. The zero-order chi connectivity index (χ0) is 38.3. The molecule has 0 N–H and O–H groups in total. The van der Waals surface area contributed by atoms with Gasteiger partial charge in [-0.1, -0.05) is 109 Å². The largest absolute Gasteiger partial charge is 0.319 e. The van der Waals surface area contributed by atoms with Gasteiger partial charge in [-0.2, -0.15) is 30.3 Å². The summed E-state index contributed by atoms with van der Waals surface area (Å²) in [6.45, 7) is 6.76. The molecule has 10 aromatic rings. The number of nitrogens with zero attached hydrogens (tertiary/aromatic N) is 4. The second-order valence-corrected chi connectivity index (χ2v) is 16.1. The van der Waals surface area contributed by atoms with Gasteiger partial charge in [-0.05, 0) is 89.9 Å². The summed E-state index contributed by atoms with van der Waals surface area (Å²) < 4.78 is 6.94. The van der Waals surface area contributed by atoms with Crippen LogP contribution >= 0.6 is 0 Å². The third-order valence-corrected chi connectivity index (χ3v) is 11.8. The van der Waals surface area contributed by atoms with Crippen LogP contribution in [0.5, 0.6) is 0 Å². The Kier molecular flexibility index (Phi) is 8.48. The normalized spacial score (nSPS) is 13.1. The van der Waals surface area contributed by atoms with Crippen LogP contribution in [0.4, 0.5) is 0 Å². The van der Waals surface area contributed by atoms with Crippen LogP contribution in [0, 0.1) is 12.1 Å². The van der Waals surface area contributed by atoms with E-state index in [2.05, 4.69) is 223 Å². The van der Waals surface area contributed by atoms with Gasteiger partial charge in [-0.3, -0.25) is 0 Å². The number of fused-ring (bicyclic) bond motifs is 7. The first kappa shape index (κ1) is 36.0. The monoisotopic (exact) mass is 926 g/mol. The summed E-state index contributed by atoms with van der Waals surface area (Å²) in [5, 5.41) is 2.31. The van der Waals surface area contributed by atoms with Crippen LogP contribution in [0.2, 0.25) is 0 Å². The smallest absolute Gasteiger partial charge is 0.188 e. The summed E-state index contributed by atoms with van der Waals surface area (Å²) in [6.07, 6.45) is 4.15. The fraction of sp³-hybridized carbons (Fsp3) is 0.0943. The van der Waals surface area contributed by atoms with E-state index in [4.69, 9.17) is 4.98 Å². The van der Waals surface area contributed by atoms with Gasteiger partial charge in [0.05, 0.1) is 5.54 Å². The fourth-order valence-electron chi connectivity index (χ4n) is 9.31. The summed E-state index contributed by atoms with van der Waals surface area (Å²) in [6, 6.07) is 69.2. The van der Waals surface area contributed by atoms with E-state index in [1.807, 2.05) is 6.20 Å². The molecule has 0 radical (unpaired) electrons. The average Bonchev–Trinajstić information content (AvgIpc) is 3.91. The van der Waals surface area contributed by atoms with Crippen LogP contribution in [0.15, 0.2) is 182 Å². The number of aromatic nitrogens is 4. The Morgan fingerprint density at radius 1 is 0.552 bits per heavy atom. The van der Waals surface area contributed by atoms with Crippen LogP contribution in [0.1, 0.15) is 43.0 Å². The van der Waals surface area contributed by atoms with Crippen molar-refractivity contribution in [3.8, 4) is 33.8 Å². The Morgan fingerprint density at radius 2 is 1.19 bits per heavy atom. The van der Waals surface area contributed by atoms with Gasteiger partial charge in [0.2, 0.25) is 0 Å². The molecule has 0 fully saturated rings. The van der Waals surface area contributed by atoms with Crippen molar-refractivity contribution in [3.63, 3.8) is 0 Å². The minimum absolute atomic E-state index is 0. The van der Waals surface area contributed by atoms with E-state index in [0.29, 0.717) is 0 Å². The number of rotatable bonds is 5. The molecule has 1 aliphatic carbocycles. The van der Waals surface area contributed by atoms with Crippen molar-refractivity contribution < 1.29 is 21.1 Å². The van der Waals surface area contributed by atoms with Crippen molar-refractivity contribution in [3.05, 3.63) is 217 Å². The molecule has 0 spiro atoms. The molecule has 0 unspecified atom stereocenters. The van der Waals surface area contributed by atoms with Crippen LogP contribution in [-0.4, -0.2) is 18.7 Å². The maximum absolute atomic E-state index is 5.00. The maximum Gasteiger partial charge on any atom is 0.188 e. The molecule has 0 amide bonds. The van der Waals surface area contributed by atoms with Gasteiger partial charge in [0, 0.05) is 56.0 Å². The molecule has 3 heterocycles. The summed E-state index contributed by atoms with van der Waals surface area (Å²) in [5.74, 6) is 0.859. The molecule has 3 aromatic heterocycles. The Hall–Kier alpha value is -6.35. The Labute approximate surface area is 353 Å². The van der Waals surface area contributed by atoms with Crippen molar-refractivity contribution in [2.24, 2.45) is 0 Å². The molecule has 0 bridgehead atoms. The van der Waals surface area contributed by atoms with Gasteiger partial charge in [-0.15, -0.1) is 22.6 Å². The predicted octanol–water partition coefficient (Wildman–Crippen LogP) is 12.6. The van der Waals surface area contributed by atoms with Crippen LogP contribution < -0.4 is 0 Å². The number of para-hydroxylation sites is 3. The van der Waals surface area contributed by atoms with Crippen molar-refractivity contribution in [2.75, 3.05) is 0 Å². The Bertz CT molecular complexity index is 3140. The second-order valence-electron chi connectivity index (χ2n) is 16.1. The van der Waals surface area contributed by atoms with Gasteiger partial charge in [0.1, 0.15) is 5.82 Å². The molecular formula is C53H39N4Pt-. The van der Waals surface area contributed by atoms with E-state index in [-0.39, 0.29) is 26.6 Å². The van der Waals surface area contributed by atoms with E-state index >= 15 is 0 Å². The van der Waals surface area contributed by atoms with Crippen LogP contribution in [0.25, 0.3) is 66.6 Å². The summed E-state index contributed by atoms with van der Waals surface area (Å²) in [7, 11) is 0. The van der Waals surface area contributed by atoms with E-state index in [0.717, 1.165) is 55.7 Å². The summed E-state index contributed by atoms with van der Waals surface area (Å²) in [4.78, 5) is 5.00. The molecular weight excluding hydrogens is 888 g/mol. The van der Waals surface area contributed by atoms with E-state index < -0.39 is 5.41 Å². The molecule has 0 saturated heterocycles. The van der Waals surface area contributed by atoms with Crippen molar-refractivity contribution in [2.45, 2.75) is 31.7 Å². The Balaban J connectivity index is 0.00000408. The average molecular weight is 927 g/mol. The third-order valence-electron chi connectivity index (χ3n) is 11.8. The van der Waals surface area contributed by atoms with Gasteiger partial charge in [-0.25, -0.2) is 14.1 Å². The molecule has 58 heavy (non-hydrogen) atoms. The molecule has 7 aromatic carbocycles. The molecule has 5 heteroatoms. The molecule has 0 aliphatic heterocycles. The van der Waals surface area contributed by atoms with Gasteiger partial charge in [0.25, 0.3) is 0 Å². The zero-order valence-corrected chi connectivity index (χ0v) is 34.7. The molecule has 282 valence electrons. The van der Waals surface area contributed by atoms with Crippen molar-refractivity contribution >= 4 is 32.8 Å². The van der Waals surface area contributed by atoms with Crippen LogP contribution in [0.3, 0.4) is 0 Å². The summed E-state index contributed by atoms with van der Waals surface area (Å²) >= 11 is 0. The van der Waals surface area contributed by atoms with Crippen molar-refractivity contribution in [1.29, 1.82) is 0 Å². The third kappa shape index (κ3) is 5.32. The SMILES string of the molecule is CC(C)(C)n1[cH+]n(-c2[c-]c(C3(c4[c-]c5c(cc4)c4ccccc4n5-c4cc(-c5ccccc5)ccn4)c4ccccc4-c4ccccc43)ccc2)c2ccccc21.[Pt]. The number of imidazole rings is 1. The van der Waals surface area contributed by atoms with Gasteiger partial charge >= 0.3 is 0 Å².